The van der Waals surface area contributed by atoms with Crippen molar-refractivity contribution in [3.05, 3.63) is 127 Å². The van der Waals surface area contributed by atoms with Gasteiger partial charge in [0.25, 0.3) is 0 Å². The quantitative estimate of drug-likeness (QED) is 0.258. The van der Waals surface area contributed by atoms with Gasteiger partial charge in [-0.25, -0.2) is 0 Å². The highest BCUT2D eigenvalue weighted by molar-refractivity contribution is 5.47. The Hall–Kier alpha value is -3.72. The molecule has 0 bridgehead atoms. The van der Waals surface area contributed by atoms with Crippen molar-refractivity contribution in [3.8, 4) is 0 Å². The van der Waals surface area contributed by atoms with Crippen LogP contribution in [0.1, 0.15) is 44.6 Å². The van der Waals surface area contributed by atoms with Crippen molar-refractivity contribution >= 4 is 17.1 Å². The van der Waals surface area contributed by atoms with E-state index >= 15 is 0 Å². The number of nitrogens with zero attached hydrogens (tertiary/aromatic N) is 3. The van der Waals surface area contributed by atoms with Gasteiger partial charge < -0.3 is 14.7 Å². The number of piperidine rings is 1. The van der Waals surface area contributed by atoms with E-state index in [1.807, 2.05) is 38.4 Å². The van der Waals surface area contributed by atoms with Gasteiger partial charge in [-0.2, -0.15) is 0 Å². The lowest BCUT2D eigenvalue weighted by Gasteiger charge is -2.28. The molecule has 4 aromatic carbocycles. The van der Waals surface area contributed by atoms with Crippen LogP contribution < -0.4 is 14.7 Å². The number of para-hydroxylation sites is 3. The Kier molecular flexibility index (Phi) is 14.3. The van der Waals surface area contributed by atoms with Gasteiger partial charge in [0.2, 0.25) is 0 Å². The molecule has 2 aliphatic rings. The molecular formula is C37H49N3. The Balaban J connectivity index is 0.000000149. The minimum Gasteiger partial charge on any atom is -0.378 e. The van der Waals surface area contributed by atoms with E-state index < -0.39 is 0 Å². The first-order valence-corrected chi connectivity index (χ1v) is 15.0. The summed E-state index contributed by atoms with van der Waals surface area (Å²) >= 11 is 0. The van der Waals surface area contributed by atoms with Crippen LogP contribution in [0.2, 0.25) is 0 Å². The SMILES string of the molecule is CCc1ccccc1.CN(C)c1ccccc1.c1ccc(N2CCCC2)cc1.c1ccc(N2CCCCC2)cc1. The summed E-state index contributed by atoms with van der Waals surface area (Å²) in [7, 11) is 4.07. The fourth-order valence-corrected chi connectivity index (χ4v) is 4.84. The molecular weight excluding hydrogens is 486 g/mol. The number of benzene rings is 4. The molecule has 0 aliphatic carbocycles. The normalized spacial score (nSPS) is 14.0. The van der Waals surface area contributed by atoms with Crippen molar-refractivity contribution in [2.45, 2.75) is 45.4 Å². The monoisotopic (exact) mass is 535 g/mol. The van der Waals surface area contributed by atoms with Crippen molar-refractivity contribution in [2.75, 3.05) is 55.0 Å². The summed E-state index contributed by atoms with van der Waals surface area (Å²) in [6.07, 6.45) is 7.97. The van der Waals surface area contributed by atoms with E-state index in [0.29, 0.717) is 0 Å². The molecule has 2 heterocycles. The van der Waals surface area contributed by atoms with Gasteiger partial charge in [-0.15, -0.1) is 0 Å². The van der Waals surface area contributed by atoms with E-state index in [0.717, 1.165) is 6.42 Å². The zero-order valence-electron chi connectivity index (χ0n) is 25.0. The summed E-state index contributed by atoms with van der Waals surface area (Å²) in [4.78, 5) is 7.00. The van der Waals surface area contributed by atoms with Crippen molar-refractivity contribution in [1.82, 2.24) is 0 Å². The summed E-state index contributed by atoms with van der Waals surface area (Å²) in [5.74, 6) is 0. The fourth-order valence-electron chi connectivity index (χ4n) is 4.84. The molecule has 0 radical (unpaired) electrons. The smallest absolute Gasteiger partial charge is 0.0366 e. The van der Waals surface area contributed by atoms with E-state index in [-0.39, 0.29) is 0 Å². The number of rotatable bonds is 4. The molecule has 2 fully saturated rings. The van der Waals surface area contributed by atoms with E-state index in [9.17, 15) is 0 Å². The van der Waals surface area contributed by atoms with Crippen molar-refractivity contribution < 1.29 is 0 Å². The predicted molar refractivity (Wildman–Crippen MR) is 177 cm³/mol. The van der Waals surface area contributed by atoms with Crippen LogP contribution in [-0.2, 0) is 6.42 Å². The molecule has 6 rings (SSSR count). The standard InChI is InChI=1S/C11H15N.C10H13N.C8H11N.C8H10/c1-3-7-11(8-4-1)12-9-5-2-6-10-12;1-2-6-10(7-3-1)11-8-4-5-9-11;1-9(2)8-6-4-3-5-7-8;1-2-8-6-4-3-5-7-8/h1,3-4,7-8H,2,5-6,9-10H2;1-3,6-7H,4-5,8-9H2;3-7H,1-2H3;3-7H,2H2,1H3. The molecule has 40 heavy (non-hydrogen) atoms. The van der Waals surface area contributed by atoms with Gasteiger partial charge in [0.15, 0.2) is 0 Å². The fraction of sp³-hybridized carbons (Fsp3) is 0.351. The molecule has 0 unspecified atom stereocenters. The maximum Gasteiger partial charge on any atom is 0.0366 e. The molecule has 2 saturated heterocycles. The van der Waals surface area contributed by atoms with Crippen LogP contribution in [0.3, 0.4) is 0 Å². The van der Waals surface area contributed by atoms with E-state index in [1.165, 1.54) is 80.9 Å². The second kappa shape index (κ2) is 18.5. The van der Waals surface area contributed by atoms with Gasteiger partial charge in [-0.05, 0) is 80.5 Å². The highest BCUT2D eigenvalue weighted by Crippen LogP contribution is 2.19. The van der Waals surface area contributed by atoms with Crippen molar-refractivity contribution in [1.29, 1.82) is 0 Å². The van der Waals surface area contributed by atoms with Crippen LogP contribution in [0.4, 0.5) is 17.1 Å². The zero-order valence-corrected chi connectivity index (χ0v) is 25.0. The highest BCUT2D eigenvalue weighted by atomic mass is 15.1. The van der Waals surface area contributed by atoms with Gasteiger partial charge >= 0.3 is 0 Å². The third-order valence-corrected chi connectivity index (χ3v) is 7.23. The second-order valence-corrected chi connectivity index (χ2v) is 10.5. The second-order valence-electron chi connectivity index (χ2n) is 10.5. The van der Waals surface area contributed by atoms with Gasteiger partial charge in [-0.1, -0.05) is 91.9 Å². The van der Waals surface area contributed by atoms with Crippen LogP contribution in [-0.4, -0.2) is 40.3 Å². The van der Waals surface area contributed by atoms with E-state index in [4.69, 9.17) is 0 Å². The van der Waals surface area contributed by atoms with Crippen LogP contribution in [0.5, 0.6) is 0 Å². The molecule has 4 aromatic rings. The minimum absolute atomic E-state index is 1.14. The predicted octanol–water partition coefficient (Wildman–Crippen LogP) is 8.97. The Morgan fingerprint density at radius 2 is 0.825 bits per heavy atom. The molecule has 0 N–H and O–H groups in total. The molecule has 212 valence electrons. The van der Waals surface area contributed by atoms with E-state index in [2.05, 4.69) is 119 Å². The summed E-state index contributed by atoms with van der Waals surface area (Å²) in [5.41, 5.74) is 5.42. The first kappa shape index (κ1) is 30.8. The van der Waals surface area contributed by atoms with Crippen LogP contribution in [0, 0.1) is 0 Å². The van der Waals surface area contributed by atoms with Gasteiger partial charge in [0.05, 0.1) is 0 Å². The first-order valence-electron chi connectivity index (χ1n) is 15.0. The number of hydrogen-bond acceptors (Lipinski definition) is 3. The van der Waals surface area contributed by atoms with Gasteiger partial charge in [0.1, 0.15) is 0 Å². The molecule has 0 saturated carbocycles. The summed E-state index contributed by atoms with van der Waals surface area (Å²) in [6.45, 7) is 7.12. The lowest BCUT2D eigenvalue weighted by molar-refractivity contribution is 0.578. The van der Waals surface area contributed by atoms with E-state index in [1.54, 1.807) is 0 Å². The molecule has 0 aromatic heterocycles. The maximum absolute atomic E-state index is 2.48. The van der Waals surface area contributed by atoms with Crippen LogP contribution in [0.15, 0.2) is 121 Å². The van der Waals surface area contributed by atoms with Crippen LogP contribution >= 0.6 is 0 Å². The molecule has 2 aliphatic heterocycles. The Labute approximate surface area is 244 Å². The van der Waals surface area contributed by atoms with Crippen molar-refractivity contribution in [2.24, 2.45) is 0 Å². The largest absolute Gasteiger partial charge is 0.378 e. The molecule has 0 amide bonds. The minimum atomic E-state index is 1.14. The van der Waals surface area contributed by atoms with Crippen LogP contribution in [0.25, 0.3) is 0 Å². The lowest BCUT2D eigenvalue weighted by atomic mass is 10.1. The third kappa shape index (κ3) is 11.6. The highest BCUT2D eigenvalue weighted by Gasteiger charge is 2.11. The average molecular weight is 536 g/mol. The average Bonchev–Trinajstić information content (AvgIpc) is 3.60. The Morgan fingerprint density at radius 1 is 0.475 bits per heavy atom. The lowest BCUT2D eigenvalue weighted by Crippen LogP contribution is -2.29. The number of anilines is 3. The summed E-state index contributed by atoms with van der Waals surface area (Å²) in [5, 5.41) is 0. The number of hydrogen-bond donors (Lipinski definition) is 0. The maximum atomic E-state index is 2.48. The first-order chi connectivity index (χ1) is 19.7. The summed E-state index contributed by atoms with van der Waals surface area (Å²) in [6, 6.07) is 42.1. The Morgan fingerprint density at radius 3 is 1.15 bits per heavy atom. The third-order valence-electron chi connectivity index (χ3n) is 7.23. The molecule has 0 atom stereocenters. The van der Waals surface area contributed by atoms with Gasteiger partial charge in [0, 0.05) is 57.3 Å². The number of aryl methyl sites for hydroxylation is 1. The van der Waals surface area contributed by atoms with Crippen molar-refractivity contribution in [3.63, 3.8) is 0 Å². The molecule has 0 spiro atoms. The van der Waals surface area contributed by atoms with Gasteiger partial charge in [-0.3, -0.25) is 0 Å². The summed E-state index contributed by atoms with van der Waals surface area (Å²) < 4.78 is 0. The Bertz CT molecular complexity index is 1120. The molecule has 3 heteroatoms. The zero-order chi connectivity index (χ0) is 28.3. The topological polar surface area (TPSA) is 9.72 Å². The molecule has 3 nitrogen and oxygen atoms in total.